The van der Waals surface area contributed by atoms with Gasteiger partial charge < -0.3 is 9.47 Å². The maximum absolute atomic E-state index is 6.16. The van der Waals surface area contributed by atoms with Crippen molar-refractivity contribution in [3.8, 4) is 11.5 Å². The molecule has 1 heterocycles. The number of rotatable bonds is 6. The van der Waals surface area contributed by atoms with E-state index >= 15 is 0 Å². The summed E-state index contributed by atoms with van der Waals surface area (Å²) < 4.78 is 11.6. The van der Waals surface area contributed by atoms with Crippen LogP contribution in [0.2, 0.25) is 0 Å². The third kappa shape index (κ3) is 4.87. The molecule has 1 aliphatic carbocycles. The largest absolute Gasteiger partial charge is 0.493 e. The molecular weight excluding hydrogens is 310 g/mol. The van der Waals surface area contributed by atoms with Gasteiger partial charge in [-0.3, -0.25) is 4.98 Å². The minimum Gasteiger partial charge on any atom is -0.493 e. The number of aryl methyl sites for hydroxylation is 2. The number of hydrogen-bond donors (Lipinski definition) is 0. The van der Waals surface area contributed by atoms with E-state index in [1.807, 2.05) is 18.5 Å². The number of methoxy groups -OCH3 is 1. The first-order valence-electron chi connectivity index (χ1n) is 8.07. The maximum Gasteiger partial charge on any atom is 0.161 e. The second-order valence-corrected chi connectivity index (χ2v) is 5.86. The molecule has 3 nitrogen and oxygen atoms in total. The Bertz CT molecular complexity index is 598. The van der Waals surface area contributed by atoms with Crippen LogP contribution in [-0.4, -0.2) is 18.2 Å². The van der Waals surface area contributed by atoms with E-state index in [2.05, 4.69) is 29.2 Å². The Morgan fingerprint density at radius 3 is 2.35 bits per heavy atom. The molecule has 0 aliphatic heterocycles. The summed E-state index contributed by atoms with van der Waals surface area (Å²) in [4.78, 5) is 4.06. The third-order valence-corrected chi connectivity index (χ3v) is 4.28. The van der Waals surface area contributed by atoms with E-state index in [1.165, 1.54) is 24.0 Å². The maximum atomic E-state index is 6.16. The van der Waals surface area contributed by atoms with Gasteiger partial charge in [-0.15, -0.1) is 12.4 Å². The van der Waals surface area contributed by atoms with Crippen molar-refractivity contribution in [1.82, 2.24) is 4.98 Å². The first-order valence-corrected chi connectivity index (χ1v) is 8.07. The number of pyridine rings is 1. The summed E-state index contributed by atoms with van der Waals surface area (Å²) >= 11 is 0. The smallest absolute Gasteiger partial charge is 0.161 e. The number of benzene rings is 1. The zero-order valence-electron chi connectivity index (χ0n) is 13.5. The van der Waals surface area contributed by atoms with E-state index in [0.717, 1.165) is 37.2 Å². The molecule has 2 aromatic rings. The molecule has 3 rings (SSSR count). The topological polar surface area (TPSA) is 31.4 Å². The van der Waals surface area contributed by atoms with Crippen molar-refractivity contribution in [3.05, 3.63) is 53.9 Å². The van der Waals surface area contributed by atoms with Crippen LogP contribution in [0.1, 0.15) is 36.8 Å². The molecule has 0 atom stereocenters. The monoisotopic (exact) mass is 333 g/mol. The first kappa shape index (κ1) is 17.6. The van der Waals surface area contributed by atoms with E-state index < -0.39 is 0 Å². The zero-order valence-corrected chi connectivity index (χ0v) is 14.3. The summed E-state index contributed by atoms with van der Waals surface area (Å²) in [5.41, 5.74) is 2.59. The van der Waals surface area contributed by atoms with Gasteiger partial charge in [0.05, 0.1) is 13.2 Å². The van der Waals surface area contributed by atoms with E-state index in [4.69, 9.17) is 9.47 Å². The Morgan fingerprint density at radius 2 is 1.65 bits per heavy atom. The second-order valence-electron chi connectivity index (χ2n) is 5.86. The summed E-state index contributed by atoms with van der Waals surface area (Å²) in [6.45, 7) is 0. The molecular formula is C19H24ClNO2. The van der Waals surface area contributed by atoms with Crippen molar-refractivity contribution in [3.63, 3.8) is 0 Å². The van der Waals surface area contributed by atoms with Crippen molar-refractivity contribution in [2.24, 2.45) is 0 Å². The standard InChI is InChI=1S/C19H23NO2.ClH/c1-21-18-9-8-16(7-6-15-10-12-20-13-11-15)14-19(18)22-17-4-2-3-5-17;/h8-14,17H,2-7H2,1H3;1H. The van der Waals surface area contributed by atoms with Gasteiger partial charge in [-0.05, 0) is 73.9 Å². The van der Waals surface area contributed by atoms with Crippen LogP contribution in [-0.2, 0) is 12.8 Å². The summed E-state index contributed by atoms with van der Waals surface area (Å²) in [5.74, 6) is 1.72. The average Bonchev–Trinajstić information content (AvgIpc) is 3.07. The molecule has 0 radical (unpaired) electrons. The van der Waals surface area contributed by atoms with Crippen LogP contribution < -0.4 is 9.47 Å². The lowest BCUT2D eigenvalue weighted by molar-refractivity contribution is 0.200. The highest BCUT2D eigenvalue weighted by molar-refractivity contribution is 5.85. The normalized spacial score (nSPS) is 14.3. The van der Waals surface area contributed by atoms with E-state index in [1.54, 1.807) is 7.11 Å². The van der Waals surface area contributed by atoms with Crippen LogP contribution in [0.15, 0.2) is 42.7 Å². The molecule has 1 fully saturated rings. The van der Waals surface area contributed by atoms with Crippen LogP contribution >= 0.6 is 12.4 Å². The lowest BCUT2D eigenvalue weighted by Crippen LogP contribution is -2.11. The fraction of sp³-hybridized carbons (Fsp3) is 0.421. The zero-order chi connectivity index (χ0) is 15.2. The molecule has 0 bridgehead atoms. The van der Waals surface area contributed by atoms with Crippen molar-refractivity contribution in [2.45, 2.75) is 44.6 Å². The second kappa shape index (κ2) is 8.78. The molecule has 0 amide bonds. The predicted octanol–water partition coefficient (Wildman–Crippen LogP) is 4.62. The van der Waals surface area contributed by atoms with Gasteiger partial charge in [-0.1, -0.05) is 6.07 Å². The quantitative estimate of drug-likeness (QED) is 0.773. The average molecular weight is 334 g/mol. The van der Waals surface area contributed by atoms with Crippen LogP contribution in [0.3, 0.4) is 0 Å². The fourth-order valence-electron chi connectivity index (χ4n) is 2.99. The van der Waals surface area contributed by atoms with Crippen LogP contribution in [0.4, 0.5) is 0 Å². The number of halogens is 1. The van der Waals surface area contributed by atoms with E-state index in [0.29, 0.717) is 6.10 Å². The van der Waals surface area contributed by atoms with Crippen LogP contribution in [0.25, 0.3) is 0 Å². The predicted molar refractivity (Wildman–Crippen MR) is 94.8 cm³/mol. The molecule has 1 aromatic carbocycles. The molecule has 124 valence electrons. The Hall–Kier alpha value is -1.74. The van der Waals surface area contributed by atoms with Gasteiger partial charge in [0.25, 0.3) is 0 Å². The molecule has 1 aliphatic rings. The van der Waals surface area contributed by atoms with Gasteiger partial charge >= 0.3 is 0 Å². The van der Waals surface area contributed by atoms with Crippen LogP contribution in [0.5, 0.6) is 11.5 Å². The van der Waals surface area contributed by atoms with Gasteiger partial charge in [0, 0.05) is 12.4 Å². The number of aromatic nitrogens is 1. The minimum absolute atomic E-state index is 0. The fourth-order valence-corrected chi connectivity index (χ4v) is 2.99. The number of ether oxygens (including phenoxy) is 2. The molecule has 1 saturated carbocycles. The molecule has 0 saturated heterocycles. The van der Waals surface area contributed by atoms with Gasteiger partial charge in [0.15, 0.2) is 11.5 Å². The van der Waals surface area contributed by atoms with Gasteiger partial charge in [0.1, 0.15) is 0 Å². The third-order valence-electron chi connectivity index (χ3n) is 4.28. The molecule has 0 N–H and O–H groups in total. The Balaban J connectivity index is 0.00000192. The number of hydrogen-bond acceptors (Lipinski definition) is 3. The Labute approximate surface area is 144 Å². The molecule has 0 unspecified atom stereocenters. The highest BCUT2D eigenvalue weighted by Gasteiger charge is 2.18. The van der Waals surface area contributed by atoms with Crippen molar-refractivity contribution in [2.75, 3.05) is 7.11 Å². The first-order chi connectivity index (χ1) is 10.8. The molecule has 1 aromatic heterocycles. The Morgan fingerprint density at radius 1 is 0.957 bits per heavy atom. The lowest BCUT2D eigenvalue weighted by atomic mass is 10.0. The molecule has 4 heteroatoms. The van der Waals surface area contributed by atoms with Gasteiger partial charge in [-0.25, -0.2) is 0 Å². The summed E-state index contributed by atoms with van der Waals surface area (Å²) in [6.07, 6.45) is 10.9. The highest BCUT2D eigenvalue weighted by atomic mass is 35.5. The van der Waals surface area contributed by atoms with Crippen molar-refractivity contribution >= 4 is 12.4 Å². The van der Waals surface area contributed by atoms with Crippen molar-refractivity contribution < 1.29 is 9.47 Å². The molecule has 0 spiro atoms. The summed E-state index contributed by atoms with van der Waals surface area (Å²) in [6, 6.07) is 10.4. The van der Waals surface area contributed by atoms with Crippen LogP contribution in [0, 0.1) is 0 Å². The van der Waals surface area contributed by atoms with Gasteiger partial charge in [0.2, 0.25) is 0 Å². The van der Waals surface area contributed by atoms with Gasteiger partial charge in [-0.2, -0.15) is 0 Å². The summed E-state index contributed by atoms with van der Waals surface area (Å²) in [5, 5.41) is 0. The number of nitrogens with zero attached hydrogens (tertiary/aromatic N) is 1. The highest BCUT2D eigenvalue weighted by Crippen LogP contribution is 2.32. The minimum atomic E-state index is 0. The summed E-state index contributed by atoms with van der Waals surface area (Å²) in [7, 11) is 1.70. The van der Waals surface area contributed by atoms with E-state index in [-0.39, 0.29) is 12.4 Å². The lowest BCUT2D eigenvalue weighted by Gasteiger charge is -2.17. The SMILES string of the molecule is COc1ccc(CCc2ccncc2)cc1OC1CCCC1.Cl. The Kier molecular flexibility index (Phi) is 6.72. The van der Waals surface area contributed by atoms with Crippen molar-refractivity contribution in [1.29, 1.82) is 0 Å². The molecule has 23 heavy (non-hydrogen) atoms. The van der Waals surface area contributed by atoms with E-state index in [9.17, 15) is 0 Å².